The van der Waals surface area contributed by atoms with Gasteiger partial charge in [0.1, 0.15) is 5.82 Å². The van der Waals surface area contributed by atoms with E-state index in [1.807, 2.05) is 18.2 Å². The Kier molecular flexibility index (Phi) is 5.39. The predicted molar refractivity (Wildman–Crippen MR) is 111 cm³/mol. The molecule has 1 aromatic carbocycles. The van der Waals surface area contributed by atoms with Crippen LogP contribution in [0, 0.1) is 0 Å². The maximum Gasteiger partial charge on any atom is 0.246 e. The summed E-state index contributed by atoms with van der Waals surface area (Å²) in [6.45, 7) is 0.966. The molecule has 29 heavy (non-hydrogen) atoms. The fraction of sp³-hybridized carbons (Fsp3) is 0.318. The zero-order valence-corrected chi connectivity index (χ0v) is 16.7. The number of halogens is 1. The van der Waals surface area contributed by atoms with Crippen molar-refractivity contribution in [2.45, 2.75) is 31.3 Å². The molecule has 0 aliphatic carbocycles. The van der Waals surface area contributed by atoms with Gasteiger partial charge in [-0.25, -0.2) is 4.98 Å². The smallest absolute Gasteiger partial charge is 0.246 e. The van der Waals surface area contributed by atoms with Crippen molar-refractivity contribution in [2.24, 2.45) is 0 Å². The zero-order valence-electron chi connectivity index (χ0n) is 15.9. The van der Waals surface area contributed by atoms with E-state index in [9.17, 15) is 14.7 Å². The number of nitrogens with one attached hydrogen (secondary N) is 1. The van der Waals surface area contributed by atoms with Crippen LogP contribution in [0.25, 0.3) is 6.08 Å². The summed E-state index contributed by atoms with van der Waals surface area (Å²) >= 11 is 5.93. The number of benzene rings is 1. The first kappa shape index (κ1) is 19.6. The lowest BCUT2D eigenvalue weighted by Crippen LogP contribution is -2.44. The van der Waals surface area contributed by atoms with Gasteiger partial charge >= 0.3 is 0 Å². The molecule has 6 nitrogen and oxygen atoms in total. The SMILES string of the molecule is O=C1CCc2cc(C=CC(=O)N3CCC(O)(c4ccc(Cl)cc4)CC3)cnc2N1. The van der Waals surface area contributed by atoms with E-state index in [-0.39, 0.29) is 11.8 Å². The number of carbonyl (C=O) groups excluding carboxylic acids is 2. The molecule has 0 bridgehead atoms. The fourth-order valence-electron chi connectivity index (χ4n) is 3.78. The largest absolute Gasteiger partial charge is 0.385 e. The normalized spacial score (nSPS) is 18.4. The molecule has 3 heterocycles. The van der Waals surface area contributed by atoms with E-state index in [1.165, 1.54) is 6.08 Å². The molecule has 0 saturated carbocycles. The highest BCUT2D eigenvalue weighted by molar-refractivity contribution is 6.30. The molecule has 2 amide bonds. The van der Waals surface area contributed by atoms with Gasteiger partial charge in [-0.1, -0.05) is 23.7 Å². The number of piperidine rings is 1. The van der Waals surface area contributed by atoms with Gasteiger partial charge in [-0.3, -0.25) is 9.59 Å². The summed E-state index contributed by atoms with van der Waals surface area (Å²) in [5.41, 5.74) is 1.70. The van der Waals surface area contributed by atoms with Crippen LogP contribution in [0.2, 0.25) is 5.02 Å². The molecule has 0 spiro atoms. The summed E-state index contributed by atoms with van der Waals surface area (Å²) in [4.78, 5) is 30.0. The summed E-state index contributed by atoms with van der Waals surface area (Å²) in [5.74, 6) is 0.489. The molecule has 7 heteroatoms. The van der Waals surface area contributed by atoms with Gasteiger partial charge < -0.3 is 15.3 Å². The van der Waals surface area contributed by atoms with Crippen LogP contribution >= 0.6 is 11.6 Å². The number of aryl methyl sites for hydroxylation is 1. The van der Waals surface area contributed by atoms with E-state index >= 15 is 0 Å². The Morgan fingerprint density at radius 1 is 1.21 bits per heavy atom. The lowest BCUT2D eigenvalue weighted by atomic mass is 9.84. The Morgan fingerprint density at radius 3 is 2.66 bits per heavy atom. The van der Waals surface area contributed by atoms with Crippen molar-refractivity contribution in [3.63, 3.8) is 0 Å². The van der Waals surface area contributed by atoms with Crippen LogP contribution in [0.1, 0.15) is 36.0 Å². The number of anilines is 1. The third kappa shape index (κ3) is 4.33. The van der Waals surface area contributed by atoms with Crippen molar-refractivity contribution in [3.8, 4) is 0 Å². The van der Waals surface area contributed by atoms with Gasteiger partial charge in [-0.15, -0.1) is 0 Å². The van der Waals surface area contributed by atoms with E-state index in [0.29, 0.717) is 49.6 Å². The Balaban J connectivity index is 1.37. The predicted octanol–water partition coefficient (Wildman–Crippen LogP) is 3.14. The average Bonchev–Trinajstić information content (AvgIpc) is 2.73. The lowest BCUT2D eigenvalue weighted by molar-refractivity contribution is -0.130. The lowest BCUT2D eigenvalue weighted by Gasteiger charge is -2.38. The molecule has 0 radical (unpaired) electrons. The van der Waals surface area contributed by atoms with E-state index < -0.39 is 5.60 Å². The third-order valence-corrected chi connectivity index (χ3v) is 5.82. The van der Waals surface area contributed by atoms with Crippen LogP contribution < -0.4 is 5.32 Å². The van der Waals surface area contributed by atoms with Crippen molar-refractivity contribution in [3.05, 3.63) is 64.3 Å². The molecule has 2 aliphatic rings. The standard InChI is InChI=1S/C22H22ClN3O3/c23-18-5-3-17(4-6-18)22(29)9-11-26(12-10-22)20(28)8-1-15-13-16-2-7-19(27)25-21(16)24-14-15/h1,3-6,8,13-14,29H,2,7,9-12H2,(H,24,25,27). The number of fused-ring (bicyclic) bond motifs is 1. The minimum Gasteiger partial charge on any atom is -0.385 e. The quantitative estimate of drug-likeness (QED) is 0.760. The minimum absolute atomic E-state index is 0.0212. The molecule has 0 atom stereocenters. The number of hydrogen-bond acceptors (Lipinski definition) is 4. The molecule has 1 saturated heterocycles. The second-order valence-corrected chi connectivity index (χ2v) is 7.96. The highest BCUT2D eigenvalue weighted by atomic mass is 35.5. The van der Waals surface area contributed by atoms with Crippen LogP contribution in [0.5, 0.6) is 0 Å². The van der Waals surface area contributed by atoms with Crippen molar-refractivity contribution in [1.29, 1.82) is 0 Å². The van der Waals surface area contributed by atoms with Crippen molar-refractivity contribution in [2.75, 3.05) is 18.4 Å². The summed E-state index contributed by atoms with van der Waals surface area (Å²) in [5, 5.41) is 14.3. The van der Waals surface area contributed by atoms with Crippen LogP contribution in [-0.4, -0.2) is 39.9 Å². The van der Waals surface area contributed by atoms with Gasteiger partial charge in [-0.05, 0) is 60.2 Å². The summed E-state index contributed by atoms with van der Waals surface area (Å²) < 4.78 is 0. The third-order valence-electron chi connectivity index (χ3n) is 5.57. The summed E-state index contributed by atoms with van der Waals surface area (Å²) in [6, 6.07) is 9.16. The van der Waals surface area contributed by atoms with Crippen LogP contribution in [0.15, 0.2) is 42.6 Å². The minimum atomic E-state index is -0.933. The molecule has 2 aliphatic heterocycles. The zero-order chi connectivity index (χ0) is 20.4. The van der Waals surface area contributed by atoms with Crippen molar-refractivity contribution >= 4 is 35.3 Å². The van der Waals surface area contributed by atoms with Gasteiger partial charge in [0.25, 0.3) is 0 Å². The summed E-state index contributed by atoms with van der Waals surface area (Å²) in [7, 11) is 0. The number of carbonyl (C=O) groups is 2. The van der Waals surface area contributed by atoms with Gasteiger partial charge in [-0.2, -0.15) is 0 Å². The maximum absolute atomic E-state index is 12.6. The average molecular weight is 412 g/mol. The van der Waals surface area contributed by atoms with E-state index in [4.69, 9.17) is 11.6 Å². The molecule has 2 aromatic rings. The van der Waals surface area contributed by atoms with E-state index in [2.05, 4.69) is 10.3 Å². The van der Waals surface area contributed by atoms with Gasteiger partial charge in [0.15, 0.2) is 0 Å². The van der Waals surface area contributed by atoms with Crippen molar-refractivity contribution < 1.29 is 14.7 Å². The highest BCUT2D eigenvalue weighted by Gasteiger charge is 2.34. The second-order valence-electron chi connectivity index (χ2n) is 7.52. The number of rotatable bonds is 3. The Hall–Kier alpha value is -2.70. The Bertz CT molecular complexity index is 964. The summed E-state index contributed by atoms with van der Waals surface area (Å²) in [6.07, 6.45) is 6.99. The first-order valence-corrected chi connectivity index (χ1v) is 10.0. The van der Waals surface area contributed by atoms with Crippen molar-refractivity contribution in [1.82, 2.24) is 9.88 Å². The van der Waals surface area contributed by atoms with Gasteiger partial charge in [0, 0.05) is 36.8 Å². The number of aliphatic hydroxyl groups is 1. The molecule has 2 N–H and O–H groups in total. The first-order chi connectivity index (χ1) is 13.9. The number of hydrogen-bond donors (Lipinski definition) is 2. The number of amides is 2. The fourth-order valence-corrected chi connectivity index (χ4v) is 3.91. The molecular formula is C22H22ClN3O3. The molecule has 4 rings (SSSR count). The Morgan fingerprint density at radius 2 is 1.93 bits per heavy atom. The molecular weight excluding hydrogens is 390 g/mol. The van der Waals surface area contributed by atoms with Gasteiger partial charge in [0.05, 0.1) is 5.60 Å². The highest BCUT2D eigenvalue weighted by Crippen LogP contribution is 2.33. The number of nitrogens with zero attached hydrogens (tertiary/aromatic N) is 2. The van der Waals surface area contributed by atoms with Gasteiger partial charge in [0.2, 0.25) is 11.8 Å². The maximum atomic E-state index is 12.6. The molecule has 1 aromatic heterocycles. The second kappa shape index (κ2) is 7.97. The molecule has 150 valence electrons. The van der Waals surface area contributed by atoms with Crippen LogP contribution in [0.3, 0.4) is 0 Å². The number of aromatic nitrogens is 1. The molecule has 1 fully saturated rings. The van der Waals surface area contributed by atoms with Crippen LogP contribution in [0.4, 0.5) is 5.82 Å². The number of likely N-dealkylation sites (tertiary alicyclic amines) is 1. The topological polar surface area (TPSA) is 82.5 Å². The monoisotopic (exact) mass is 411 g/mol. The van der Waals surface area contributed by atoms with Crippen LogP contribution in [-0.2, 0) is 21.6 Å². The van der Waals surface area contributed by atoms with E-state index in [1.54, 1.807) is 29.3 Å². The van der Waals surface area contributed by atoms with E-state index in [0.717, 1.165) is 16.7 Å². The first-order valence-electron chi connectivity index (χ1n) is 9.67. The Labute approximate surface area is 174 Å². The molecule has 0 unspecified atom stereocenters. The number of pyridine rings is 1.